The Morgan fingerprint density at radius 3 is 2.06 bits per heavy atom. The molecule has 1 atom stereocenters. The first-order valence-electron chi connectivity index (χ1n) is 6.22. The number of benzene rings is 1. The van der Waals surface area contributed by atoms with Gasteiger partial charge < -0.3 is 5.32 Å². The number of hydrogen-bond acceptors (Lipinski definition) is 1. The molecule has 0 aromatic heterocycles. The molecule has 0 aliphatic rings. The van der Waals surface area contributed by atoms with Crippen molar-refractivity contribution < 1.29 is 0 Å². The molecule has 0 radical (unpaired) electrons. The van der Waals surface area contributed by atoms with Crippen LogP contribution in [-0.2, 0) is 6.54 Å². The van der Waals surface area contributed by atoms with Crippen LogP contribution in [0.1, 0.15) is 45.2 Å². The van der Waals surface area contributed by atoms with Gasteiger partial charge in [-0.15, -0.1) is 12.4 Å². The van der Waals surface area contributed by atoms with Crippen LogP contribution >= 0.6 is 12.4 Å². The van der Waals surface area contributed by atoms with Crippen molar-refractivity contribution in [3.63, 3.8) is 0 Å². The van der Waals surface area contributed by atoms with Crippen molar-refractivity contribution in [2.45, 2.75) is 53.6 Å². The summed E-state index contributed by atoms with van der Waals surface area (Å²) in [6.45, 7) is 12.2. The Kier molecular flexibility index (Phi) is 6.81. The zero-order valence-corrected chi connectivity index (χ0v) is 12.5. The highest BCUT2D eigenvalue weighted by atomic mass is 35.5. The van der Waals surface area contributed by atoms with E-state index in [1.54, 1.807) is 0 Å². The van der Waals surface area contributed by atoms with Crippen molar-refractivity contribution >= 4 is 12.4 Å². The Morgan fingerprint density at radius 2 is 1.65 bits per heavy atom. The molecule has 0 fully saturated rings. The maximum atomic E-state index is 3.65. The highest BCUT2D eigenvalue weighted by Crippen LogP contribution is 2.21. The predicted molar refractivity (Wildman–Crippen MR) is 78.8 cm³/mol. The largest absolute Gasteiger partial charge is 0.309 e. The molecule has 1 rings (SSSR count). The number of aryl methyl sites for hydroxylation is 1. The first-order valence-corrected chi connectivity index (χ1v) is 6.22. The Bertz CT molecular complexity index is 311. The van der Waals surface area contributed by atoms with Gasteiger partial charge in [0.2, 0.25) is 0 Å². The van der Waals surface area contributed by atoms with E-state index in [0.29, 0.717) is 11.5 Å². The van der Waals surface area contributed by atoms with Crippen molar-refractivity contribution in [1.82, 2.24) is 5.32 Å². The topological polar surface area (TPSA) is 12.0 Å². The summed E-state index contributed by atoms with van der Waals surface area (Å²) in [5, 5.41) is 3.65. The van der Waals surface area contributed by atoms with Crippen molar-refractivity contribution in [3.8, 4) is 0 Å². The molecule has 0 aliphatic carbocycles. The molecule has 0 saturated carbocycles. The molecular weight excluding hydrogens is 230 g/mol. The second kappa shape index (κ2) is 7.03. The van der Waals surface area contributed by atoms with Crippen LogP contribution in [0.5, 0.6) is 0 Å². The van der Waals surface area contributed by atoms with E-state index in [9.17, 15) is 0 Å². The fourth-order valence-electron chi connectivity index (χ4n) is 2.01. The van der Waals surface area contributed by atoms with Gasteiger partial charge in [0.15, 0.2) is 0 Å². The van der Waals surface area contributed by atoms with Gasteiger partial charge in [0.1, 0.15) is 0 Å². The average Bonchev–Trinajstić information content (AvgIpc) is 2.19. The molecule has 0 amide bonds. The molecule has 1 nitrogen and oxygen atoms in total. The molecule has 0 aliphatic heterocycles. The Balaban J connectivity index is 0.00000256. The molecule has 1 N–H and O–H groups in total. The molecule has 0 saturated heterocycles. The van der Waals surface area contributed by atoms with Crippen molar-refractivity contribution in [2.24, 2.45) is 5.41 Å². The smallest absolute Gasteiger partial charge is 0.0208 e. The molecule has 0 bridgehead atoms. The minimum Gasteiger partial charge on any atom is -0.309 e. The zero-order valence-electron chi connectivity index (χ0n) is 11.7. The van der Waals surface area contributed by atoms with E-state index in [1.165, 1.54) is 17.5 Å². The predicted octanol–water partition coefficient (Wildman–Crippen LogP) is 4.33. The molecule has 1 aromatic rings. The minimum absolute atomic E-state index is 0. The first-order chi connectivity index (χ1) is 7.43. The summed E-state index contributed by atoms with van der Waals surface area (Å²) in [5.41, 5.74) is 3.03. The average molecular weight is 256 g/mol. The van der Waals surface area contributed by atoms with Gasteiger partial charge in [-0.25, -0.2) is 0 Å². The summed E-state index contributed by atoms with van der Waals surface area (Å²) in [4.78, 5) is 0. The number of rotatable bonds is 4. The molecule has 0 heterocycles. The van der Waals surface area contributed by atoms with Crippen LogP contribution in [0, 0.1) is 12.3 Å². The number of hydrogen-bond donors (Lipinski definition) is 1. The molecular formula is C15H26ClN. The van der Waals surface area contributed by atoms with Crippen molar-refractivity contribution in [2.75, 3.05) is 0 Å². The molecule has 98 valence electrons. The monoisotopic (exact) mass is 255 g/mol. The minimum atomic E-state index is 0. The van der Waals surface area contributed by atoms with Gasteiger partial charge in [0, 0.05) is 12.6 Å². The fraction of sp³-hybridized carbons (Fsp3) is 0.600. The SMILES string of the molecule is CCC(NCc1ccc(C)cc1)C(C)(C)C.Cl. The Hall–Kier alpha value is -0.530. The summed E-state index contributed by atoms with van der Waals surface area (Å²) in [6.07, 6.45) is 1.18. The molecule has 17 heavy (non-hydrogen) atoms. The highest BCUT2D eigenvalue weighted by molar-refractivity contribution is 5.85. The summed E-state index contributed by atoms with van der Waals surface area (Å²) in [7, 11) is 0. The lowest BCUT2D eigenvalue weighted by Crippen LogP contribution is -2.39. The van der Waals surface area contributed by atoms with E-state index in [0.717, 1.165) is 6.54 Å². The van der Waals surface area contributed by atoms with Crippen LogP contribution in [-0.4, -0.2) is 6.04 Å². The lowest BCUT2D eigenvalue weighted by molar-refractivity contribution is 0.259. The third-order valence-electron chi connectivity index (χ3n) is 3.13. The quantitative estimate of drug-likeness (QED) is 0.845. The zero-order chi connectivity index (χ0) is 12.2. The van der Waals surface area contributed by atoms with Crippen molar-refractivity contribution in [1.29, 1.82) is 0 Å². The van der Waals surface area contributed by atoms with Crippen LogP contribution in [0.4, 0.5) is 0 Å². The van der Waals surface area contributed by atoms with Crippen LogP contribution in [0.25, 0.3) is 0 Å². The van der Waals surface area contributed by atoms with Gasteiger partial charge in [-0.2, -0.15) is 0 Å². The third kappa shape index (κ3) is 5.56. The van der Waals surface area contributed by atoms with E-state index in [4.69, 9.17) is 0 Å². The second-order valence-electron chi connectivity index (χ2n) is 5.69. The first kappa shape index (κ1) is 16.5. The van der Waals surface area contributed by atoms with Gasteiger partial charge in [-0.05, 0) is 24.3 Å². The van der Waals surface area contributed by atoms with Gasteiger partial charge in [-0.1, -0.05) is 57.5 Å². The van der Waals surface area contributed by atoms with Gasteiger partial charge in [0.05, 0.1) is 0 Å². The molecule has 2 heteroatoms. The Labute approximate surface area is 112 Å². The third-order valence-corrected chi connectivity index (χ3v) is 3.13. The maximum absolute atomic E-state index is 3.65. The van der Waals surface area contributed by atoms with Gasteiger partial charge in [-0.3, -0.25) is 0 Å². The van der Waals surface area contributed by atoms with E-state index in [-0.39, 0.29) is 12.4 Å². The Morgan fingerprint density at radius 1 is 1.12 bits per heavy atom. The second-order valence-corrected chi connectivity index (χ2v) is 5.69. The number of nitrogens with one attached hydrogen (secondary N) is 1. The van der Waals surface area contributed by atoms with E-state index >= 15 is 0 Å². The molecule has 0 spiro atoms. The molecule has 1 aromatic carbocycles. The number of halogens is 1. The lowest BCUT2D eigenvalue weighted by Gasteiger charge is -2.30. The maximum Gasteiger partial charge on any atom is 0.0208 e. The van der Waals surface area contributed by atoms with Crippen LogP contribution in [0.2, 0.25) is 0 Å². The van der Waals surface area contributed by atoms with E-state index in [1.807, 2.05) is 0 Å². The van der Waals surface area contributed by atoms with Gasteiger partial charge in [0.25, 0.3) is 0 Å². The van der Waals surface area contributed by atoms with E-state index in [2.05, 4.69) is 64.2 Å². The van der Waals surface area contributed by atoms with Crippen molar-refractivity contribution in [3.05, 3.63) is 35.4 Å². The van der Waals surface area contributed by atoms with E-state index < -0.39 is 0 Å². The summed E-state index contributed by atoms with van der Waals surface area (Å²) >= 11 is 0. The summed E-state index contributed by atoms with van der Waals surface area (Å²) in [6, 6.07) is 9.34. The summed E-state index contributed by atoms with van der Waals surface area (Å²) < 4.78 is 0. The van der Waals surface area contributed by atoms with Crippen LogP contribution < -0.4 is 5.32 Å². The fourth-order valence-corrected chi connectivity index (χ4v) is 2.01. The summed E-state index contributed by atoms with van der Waals surface area (Å²) in [5.74, 6) is 0. The standard InChI is InChI=1S/C15H25N.ClH/c1-6-14(15(3,4)5)16-11-13-9-7-12(2)8-10-13;/h7-10,14,16H,6,11H2,1-5H3;1H. The lowest BCUT2D eigenvalue weighted by atomic mass is 9.85. The van der Waals surface area contributed by atoms with Gasteiger partial charge >= 0.3 is 0 Å². The normalized spacial score (nSPS) is 13.0. The molecule has 1 unspecified atom stereocenters. The highest BCUT2D eigenvalue weighted by Gasteiger charge is 2.21. The van der Waals surface area contributed by atoms with Crippen LogP contribution in [0.3, 0.4) is 0 Å². The van der Waals surface area contributed by atoms with Crippen LogP contribution in [0.15, 0.2) is 24.3 Å².